The number of nitrogens with zero attached hydrogens (tertiary/aromatic N) is 1. The zero-order valence-corrected chi connectivity index (χ0v) is 13.5. The number of aromatic nitrogens is 1. The van der Waals surface area contributed by atoms with Gasteiger partial charge in [-0.1, -0.05) is 0 Å². The van der Waals surface area contributed by atoms with Crippen molar-refractivity contribution in [3.8, 4) is 0 Å². The highest BCUT2D eigenvalue weighted by Crippen LogP contribution is 2.41. The van der Waals surface area contributed by atoms with Crippen LogP contribution in [0.5, 0.6) is 0 Å². The van der Waals surface area contributed by atoms with Crippen molar-refractivity contribution in [3.05, 3.63) is 39.0 Å². The van der Waals surface area contributed by atoms with E-state index in [-0.39, 0.29) is 18.1 Å². The number of carbonyl (C=O) groups is 1. The summed E-state index contributed by atoms with van der Waals surface area (Å²) in [5.41, 5.74) is 1.27. The van der Waals surface area contributed by atoms with Crippen molar-refractivity contribution in [1.82, 2.24) is 15.6 Å². The lowest BCUT2D eigenvalue weighted by Crippen LogP contribution is -2.43. The number of hydrogen-bond donors (Lipinski definition) is 2. The van der Waals surface area contributed by atoms with E-state index in [1.165, 1.54) is 18.4 Å². The molecule has 0 bridgehead atoms. The molecular formula is C15H19N3OS2. The molecule has 2 amide bonds. The Balaban J connectivity index is 1.52. The second-order valence-corrected chi connectivity index (χ2v) is 7.25. The van der Waals surface area contributed by atoms with Gasteiger partial charge in [0.1, 0.15) is 5.01 Å². The molecule has 0 aliphatic heterocycles. The van der Waals surface area contributed by atoms with Crippen molar-refractivity contribution in [3.63, 3.8) is 0 Å². The molecule has 2 heterocycles. The van der Waals surface area contributed by atoms with Crippen molar-refractivity contribution >= 4 is 28.7 Å². The van der Waals surface area contributed by atoms with Crippen LogP contribution in [0.2, 0.25) is 0 Å². The largest absolute Gasteiger partial charge is 0.335 e. The van der Waals surface area contributed by atoms with Gasteiger partial charge in [-0.05, 0) is 54.5 Å². The average Bonchev–Trinajstić information content (AvgIpc) is 2.92. The molecule has 1 saturated carbocycles. The summed E-state index contributed by atoms with van der Waals surface area (Å²) in [5, 5.41) is 13.3. The number of amides is 2. The van der Waals surface area contributed by atoms with Gasteiger partial charge in [0, 0.05) is 17.6 Å². The number of urea groups is 1. The van der Waals surface area contributed by atoms with E-state index < -0.39 is 0 Å². The van der Waals surface area contributed by atoms with Crippen molar-refractivity contribution in [2.45, 2.75) is 38.3 Å². The van der Waals surface area contributed by atoms with E-state index in [2.05, 4.69) is 32.4 Å². The Bertz CT molecular complexity index is 564. The minimum absolute atomic E-state index is 0.0679. The molecule has 6 heteroatoms. The Hall–Kier alpha value is -1.40. The lowest BCUT2D eigenvalue weighted by atomic mass is 10.1. The fourth-order valence-corrected chi connectivity index (χ4v) is 3.88. The molecule has 1 fully saturated rings. The molecular weight excluding hydrogens is 302 g/mol. The first-order valence-electron chi connectivity index (χ1n) is 7.20. The maximum absolute atomic E-state index is 12.2. The van der Waals surface area contributed by atoms with E-state index in [4.69, 9.17) is 0 Å². The molecule has 4 nitrogen and oxygen atoms in total. The van der Waals surface area contributed by atoms with Crippen molar-refractivity contribution < 1.29 is 4.79 Å². The average molecular weight is 321 g/mol. The van der Waals surface area contributed by atoms with Gasteiger partial charge >= 0.3 is 6.03 Å². The van der Waals surface area contributed by atoms with Gasteiger partial charge in [-0.3, -0.25) is 0 Å². The highest BCUT2D eigenvalue weighted by Gasteiger charge is 2.35. The van der Waals surface area contributed by atoms with Crippen LogP contribution in [0.3, 0.4) is 0 Å². The van der Waals surface area contributed by atoms with Crippen molar-refractivity contribution in [2.24, 2.45) is 5.92 Å². The van der Waals surface area contributed by atoms with E-state index in [0.29, 0.717) is 5.92 Å². The zero-order valence-electron chi connectivity index (χ0n) is 11.9. The van der Waals surface area contributed by atoms with Gasteiger partial charge in [-0.2, -0.15) is 11.3 Å². The lowest BCUT2D eigenvalue weighted by molar-refractivity contribution is 0.232. The quantitative estimate of drug-likeness (QED) is 0.854. The molecule has 0 unspecified atom stereocenters. The maximum atomic E-state index is 12.2. The predicted octanol–water partition coefficient (Wildman–Crippen LogP) is 3.59. The summed E-state index contributed by atoms with van der Waals surface area (Å²) in [6, 6.07) is 2.20. The zero-order chi connectivity index (χ0) is 14.7. The smallest absolute Gasteiger partial charge is 0.315 e. The standard InChI is InChI=1S/C15H19N3OS2/c1-10(8-11-4-6-20-9-11)17-15(19)18-13(12-2-3-12)14-16-5-7-21-14/h4-7,9-10,12-13H,2-3,8H2,1H3,(H2,17,18,19)/t10-,13+/m0/s1. The summed E-state index contributed by atoms with van der Waals surface area (Å²) in [5.74, 6) is 0.550. The highest BCUT2D eigenvalue weighted by molar-refractivity contribution is 7.09. The summed E-state index contributed by atoms with van der Waals surface area (Å²) in [4.78, 5) is 16.5. The van der Waals surface area contributed by atoms with Crippen LogP contribution in [-0.4, -0.2) is 17.1 Å². The molecule has 2 aromatic heterocycles. The third kappa shape index (κ3) is 4.04. The van der Waals surface area contributed by atoms with Crippen LogP contribution in [0.1, 0.15) is 36.4 Å². The molecule has 0 saturated heterocycles. The molecule has 3 rings (SSSR count). The first-order valence-corrected chi connectivity index (χ1v) is 9.02. The summed E-state index contributed by atoms with van der Waals surface area (Å²) in [6.45, 7) is 2.03. The third-order valence-electron chi connectivity index (χ3n) is 3.60. The van der Waals surface area contributed by atoms with Crippen LogP contribution in [0, 0.1) is 5.92 Å². The number of hydrogen-bond acceptors (Lipinski definition) is 4. The molecule has 112 valence electrons. The van der Waals surface area contributed by atoms with Gasteiger partial charge in [-0.25, -0.2) is 9.78 Å². The molecule has 1 aliphatic carbocycles. The second-order valence-electron chi connectivity index (χ2n) is 5.54. The van der Waals surface area contributed by atoms with E-state index in [0.717, 1.165) is 11.4 Å². The minimum atomic E-state index is -0.0928. The number of thiazole rings is 1. The fourth-order valence-electron chi connectivity index (χ4n) is 2.42. The van der Waals surface area contributed by atoms with Crippen LogP contribution in [0.4, 0.5) is 4.79 Å². The van der Waals surface area contributed by atoms with Gasteiger partial charge in [0.2, 0.25) is 0 Å². The predicted molar refractivity (Wildman–Crippen MR) is 86.7 cm³/mol. The monoisotopic (exact) mass is 321 g/mol. The Labute approximate surface area is 132 Å². The normalized spacial score (nSPS) is 17.2. The molecule has 21 heavy (non-hydrogen) atoms. The van der Waals surface area contributed by atoms with E-state index in [1.807, 2.05) is 12.3 Å². The van der Waals surface area contributed by atoms with Gasteiger partial charge in [-0.15, -0.1) is 11.3 Å². The SMILES string of the molecule is C[C@@H](Cc1ccsc1)NC(=O)N[C@@H](c1nccs1)C1CC1. The second kappa shape index (κ2) is 6.58. The minimum Gasteiger partial charge on any atom is -0.335 e. The van der Waals surface area contributed by atoms with Crippen molar-refractivity contribution in [1.29, 1.82) is 0 Å². The van der Waals surface area contributed by atoms with Gasteiger partial charge in [0.05, 0.1) is 6.04 Å². The number of nitrogens with one attached hydrogen (secondary N) is 2. The third-order valence-corrected chi connectivity index (χ3v) is 5.19. The Morgan fingerprint density at radius 3 is 2.90 bits per heavy atom. The first kappa shape index (κ1) is 14.5. The van der Waals surface area contributed by atoms with Crippen LogP contribution >= 0.6 is 22.7 Å². The Morgan fingerprint density at radius 2 is 2.29 bits per heavy atom. The van der Waals surface area contributed by atoms with Crippen LogP contribution in [-0.2, 0) is 6.42 Å². The molecule has 2 N–H and O–H groups in total. The van der Waals surface area contributed by atoms with E-state index in [1.54, 1.807) is 28.9 Å². The van der Waals surface area contributed by atoms with Crippen LogP contribution in [0.15, 0.2) is 28.4 Å². The maximum Gasteiger partial charge on any atom is 0.315 e. The number of thiophene rings is 1. The van der Waals surface area contributed by atoms with Crippen LogP contribution < -0.4 is 10.6 Å². The molecule has 2 atom stereocenters. The molecule has 0 radical (unpaired) electrons. The summed E-state index contributed by atoms with van der Waals surface area (Å²) >= 11 is 3.30. The van der Waals surface area contributed by atoms with E-state index in [9.17, 15) is 4.79 Å². The van der Waals surface area contributed by atoms with E-state index >= 15 is 0 Å². The van der Waals surface area contributed by atoms with Crippen LogP contribution in [0.25, 0.3) is 0 Å². The highest BCUT2D eigenvalue weighted by atomic mass is 32.1. The summed E-state index contributed by atoms with van der Waals surface area (Å²) < 4.78 is 0. The topological polar surface area (TPSA) is 54.0 Å². The number of rotatable bonds is 6. The Morgan fingerprint density at radius 1 is 1.43 bits per heavy atom. The molecule has 0 spiro atoms. The molecule has 0 aromatic carbocycles. The first-order chi connectivity index (χ1) is 10.2. The Kier molecular flexibility index (Phi) is 4.55. The van der Waals surface area contributed by atoms with Gasteiger partial charge < -0.3 is 10.6 Å². The van der Waals surface area contributed by atoms with Gasteiger partial charge in [0.25, 0.3) is 0 Å². The van der Waals surface area contributed by atoms with Crippen molar-refractivity contribution in [2.75, 3.05) is 0 Å². The van der Waals surface area contributed by atoms with Gasteiger partial charge in [0.15, 0.2) is 0 Å². The lowest BCUT2D eigenvalue weighted by Gasteiger charge is -2.19. The number of carbonyl (C=O) groups excluding carboxylic acids is 1. The molecule has 2 aromatic rings. The molecule has 1 aliphatic rings. The summed E-state index contributed by atoms with van der Waals surface area (Å²) in [6.07, 6.45) is 5.01. The summed E-state index contributed by atoms with van der Waals surface area (Å²) in [7, 11) is 0. The fraction of sp³-hybridized carbons (Fsp3) is 0.467.